The summed E-state index contributed by atoms with van der Waals surface area (Å²) in [5.74, 6) is 5.36. The molecule has 27 heavy (non-hydrogen) atoms. The maximum atomic E-state index is 12.9. The molecule has 0 saturated heterocycles. The molecule has 0 amide bonds. The fraction of sp³-hybridized carbons (Fsp3) is 0.826. The van der Waals surface area contributed by atoms with Crippen LogP contribution in [-0.2, 0) is 11.3 Å². The highest BCUT2D eigenvalue weighted by Gasteiger charge is 2.53. The molecule has 4 aliphatic carbocycles. The number of carbonyl (C=O) groups excluding carboxylic acids is 1. The summed E-state index contributed by atoms with van der Waals surface area (Å²) >= 11 is 0. The minimum Gasteiger partial charge on any atom is -0.390 e. The smallest absolute Gasteiger partial charge is 0.157 e. The van der Waals surface area contributed by atoms with Crippen LogP contribution in [0.25, 0.3) is 0 Å². The van der Waals surface area contributed by atoms with E-state index in [0.717, 1.165) is 48.9 Å². The molecule has 148 valence electrons. The molecule has 3 unspecified atom stereocenters. The molecule has 8 atom stereocenters. The highest BCUT2D eigenvalue weighted by molar-refractivity contribution is 5.81. The Balaban J connectivity index is 1.27. The first-order chi connectivity index (χ1) is 13.0. The fourth-order valence-electron chi connectivity index (χ4n) is 7.81. The van der Waals surface area contributed by atoms with Gasteiger partial charge in [0.05, 0.1) is 12.1 Å². The second-order valence-electron chi connectivity index (χ2n) is 10.3. The van der Waals surface area contributed by atoms with Gasteiger partial charge in [-0.25, -0.2) is 0 Å². The highest BCUT2D eigenvalue weighted by atomic mass is 16.3. The second kappa shape index (κ2) is 6.72. The van der Waals surface area contributed by atoms with Crippen molar-refractivity contribution in [3.8, 4) is 0 Å². The summed E-state index contributed by atoms with van der Waals surface area (Å²) < 4.78 is 1.79. The van der Waals surface area contributed by atoms with E-state index in [-0.39, 0.29) is 5.92 Å². The molecule has 1 aromatic rings. The third-order valence-electron chi connectivity index (χ3n) is 8.85. The highest BCUT2D eigenvalue weighted by Crippen LogP contribution is 2.59. The monoisotopic (exact) mass is 370 g/mol. The van der Waals surface area contributed by atoms with Crippen molar-refractivity contribution >= 4 is 5.78 Å². The molecule has 0 aromatic carbocycles. The van der Waals surface area contributed by atoms with Gasteiger partial charge in [-0.15, -0.1) is 0 Å². The Morgan fingerprint density at radius 1 is 1.04 bits per heavy atom. The van der Waals surface area contributed by atoms with Crippen molar-refractivity contribution in [2.24, 2.45) is 41.4 Å². The third-order valence-corrected chi connectivity index (χ3v) is 8.85. The number of hydrogen-bond donors (Lipinski definition) is 1. The van der Waals surface area contributed by atoms with E-state index in [1.54, 1.807) is 10.9 Å². The lowest BCUT2D eigenvalue weighted by molar-refractivity contribution is -0.127. The average molecular weight is 371 g/mol. The molecule has 1 heterocycles. The first kappa shape index (κ1) is 17.9. The van der Waals surface area contributed by atoms with Gasteiger partial charge in [0.25, 0.3) is 0 Å². The second-order valence-corrected chi connectivity index (χ2v) is 10.3. The molecule has 0 spiro atoms. The van der Waals surface area contributed by atoms with E-state index in [1.807, 2.05) is 19.2 Å². The summed E-state index contributed by atoms with van der Waals surface area (Å²) in [5, 5.41) is 14.7. The van der Waals surface area contributed by atoms with Crippen LogP contribution >= 0.6 is 0 Å². The number of hydrogen-bond acceptors (Lipinski definition) is 3. The molecule has 0 bridgehead atoms. The summed E-state index contributed by atoms with van der Waals surface area (Å²) in [6.07, 6.45) is 14.4. The van der Waals surface area contributed by atoms with Gasteiger partial charge in [-0.1, -0.05) is 0 Å². The minimum absolute atomic E-state index is 0.268. The molecule has 4 saturated carbocycles. The largest absolute Gasteiger partial charge is 0.390 e. The van der Waals surface area contributed by atoms with Crippen LogP contribution in [0.15, 0.2) is 18.5 Å². The van der Waals surface area contributed by atoms with E-state index in [1.165, 1.54) is 38.5 Å². The van der Waals surface area contributed by atoms with E-state index < -0.39 is 5.60 Å². The van der Waals surface area contributed by atoms with Gasteiger partial charge in [-0.2, -0.15) is 5.10 Å². The van der Waals surface area contributed by atoms with Gasteiger partial charge >= 0.3 is 0 Å². The number of carbonyl (C=O) groups is 1. The third kappa shape index (κ3) is 3.18. The zero-order chi connectivity index (χ0) is 18.6. The summed E-state index contributed by atoms with van der Waals surface area (Å²) in [6, 6.07) is 1.90. The van der Waals surface area contributed by atoms with Crippen molar-refractivity contribution in [3.05, 3.63) is 18.5 Å². The summed E-state index contributed by atoms with van der Waals surface area (Å²) in [5.41, 5.74) is -0.428. The molecule has 1 aromatic heterocycles. The molecule has 4 heteroatoms. The van der Waals surface area contributed by atoms with E-state index in [9.17, 15) is 9.90 Å². The molecular formula is C23H34N2O2. The number of Topliss-reactive ketones (excluding diaryl/α,β-unsaturated/α-hetero) is 1. The van der Waals surface area contributed by atoms with Gasteiger partial charge in [0.1, 0.15) is 0 Å². The van der Waals surface area contributed by atoms with E-state index in [4.69, 9.17) is 0 Å². The molecule has 0 radical (unpaired) electrons. The molecular weight excluding hydrogens is 336 g/mol. The molecule has 4 aliphatic rings. The van der Waals surface area contributed by atoms with Crippen LogP contribution in [0.2, 0.25) is 0 Å². The summed E-state index contributed by atoms with van der Waals surface area (Å²) in [6.45, 7) is 2.49. The number of rotatable bonds is 3. The predicted molar refractivity (Wildman–Crippen MR) is 104 cm³/mol. The van der Waals surface area contributed by atoms with E-state index in [2.05, 4.69) is 5.10 Å². The molecule has 1 N–H and O–H groups in total. The maximum absolute atomic E-state index is 12.9. The maximum Gasteiger partial charge on any atom is 0.157 e. The van der Waals surface area contributed by atoms with Gasteiger partial charge in [-0.05, 0) is 106 Å². The van der Waals surface area contributed by atoms with E-state index in [0.29, 0.717) is 18.2 Å². The number of nitrogens with zero attached hydrogens (tertiary/aromatic N) is 2. The molecule has 4 fully saturated rings. The average Bonchev–Trinajstić information content (AvgIpc) is 3.29. The lowest BCUT2D eigenvalue weighted by atomic mass is 9.52. The van der Waals surface area contributed by atoms with Crippen molar-refractivity contribution < 1.29 is 9.90 Å². The Hall–Kier alpha value is -1.16. The number of ketones is 1. The predicted octanol–water partition coefficient (Wildman–Crippen LogP) is 4.08. The van der Waals surface area contributed by atoms with Crippen LogP contribution in [0.1, 0.15) is 64.7 Å². The van der Waals surface area contributed by atoms with Gasteiger partial charge in [0.15, 0.2) is 5.78 Å². The number of aromatic nitrogens is 2. The van der Waals surface area contributed by atoms with Crippen LogP contribution in [0.3, 0.4) is 0 Å². The Labute approximate surface area is 162 Å². The van der Waals surface area contributed by atoms with Crippen molar-refractivity contribution in [1.29, 1.82) is 0 Å². The first-order valence-electron chi connectivity index (χ1n) is 11.2. The van der Waals surface area contributed by atoms with Gasteiger partial charge < -0.3 is 5.11 Å². The Morgan fingerprint density at radius 3 is 2.56 bits per heavy atom. The standard InChI is InChI=1S/C23H34N2O2/c1-23(27)10-9-16-15(13-23)3-4-18-17(16)5-6-20-19(18)7-8-21(20)22(26)14-25-12-2-11-24-25/h2,11-12,15-21,27H,3-10,13-14H2,1H3/t15-,16+,17?,18?,19?,20+,21-,23-/m1/s1. The fourth-order valence-corrected chi connectivity index (χ4v) is 7.81. The molecule has 0 aliphatic heterocycles. The van der Waals surface area contributed by atoms with Gasteiger partial charge in [0, 0.05) is 18.3 Å². The van der Waals surface area contributed by atoms with Crippen LogP contribution in [0.5, 0.6) is 0 Å². The number of aliphatic hydroxyl groups is 1. The Bertz CT molecular complexity index is 683. The van der Waals surface area contributed by atoms with Crippen LogP contribution < -0.4 is 0 Å². The molecule has 4 nitrogen and oxygen atoms in total. The lowest BCUT2D eigenvalue weighted by Crippen LogP contribution is -2.48. The van der Waals surface area contributed by atoms with Crippen molar-refractivity contribution in [1.82, 2.24) is 9.78 Å². The van der Waals surface area contributed by atoms with Crippen LogP contribution in [0.4, 0.5) is 0 Å². The zero-order valence-corrected chi connectivity index (χ0v) is 16.6. The summed E-state index contributed by atoms with van der Waals surface area (Å²) in [7, 11) is 0. The number of fused-ring (bicyclic) bond motifs is 5. The minimum atomic E-state index is -0.428. The quantitative estimate of drug-likeness (QED) is 0.872. The van der Waals surface area contributed by atoms with Crippen molar-refractivity contribution in [2.75, 3.05) is 0 Å². The Kier molecular flexibility index (Phi) is 4.46. The van der Waals surface area contributed by atoms with E-state index >= 15 is 0 Å². The zero-order valence-electron chi connectivity index (χ0n) is 16.6. The van der Waals surface area contributed by atoms with Gasteiger partial charge in [0.2, 0.25) is 0 Å². The first-order valence-corrected chi connectivity index (χ1v) is 11.2. The van der Waals surface area contributed by atoms with Gasteiger partial charge in [-0.3, -0.25) is 9.48 Å². The Morgan fingerprint density at radius 2 is 1.74 bits per heavy atom. The summed E-state index contributed by atoms with van der Waals surface area (Å²) in [4.78, 5) is 12.9. The van der Waals surface area contributed by atoms with Crippen LogP contribution in [0, 0.1) is 41.4 Å². The molecule has 5 rings (SSSR count). The van der Waals surface area contributed by atoms with Crippen molar-refractivity contribution in [2.45, 2.75) is 76.9 Å². The lowest BCUT2D eigenvalue weighted by Gasteiger charge is -2.54. The normalized spacial score (nSPS) is 46.4. The SMILES string of the molecule is C[C@@]1(O)CC[C@@H]2C3CC[C@H]4C(CC[C@H]4C(=O)Cn4cccn4)C3CC[C@@H]2C1. The van der Waals surface area contributed by atoms with Crippen LogP contribution in [-0.4, -0.2) is 26.3 Å². The topological polar surface area (TPSA) is 55.1 Å². The van der Waals surface area contributed by atoms with Crippen molar-refractivity contribution in [3.63, 3.8) is 0 Å².